The van der Waals surface area contributed by atoms with Crippen LogP contribution >= 0.6 is 22.6 Å². The van der Waals surface area contributed by atoms with Crippen molar-refractivity contribution in [2.75, 3.05) is 4.43 Å². The fraction of sp³-hybridized carbons (Fsp3) is 0.250. The minimum Gasteiger partial charge on any atom is -0.508 e. The molecule has 0 radical (unpaired) electrons. The van der Waals surface area contributed by atoms with Gasteiger partial charge in [-0.1, -0.05) is 34.7 Å². The molecule has 1 aromatic carbocycles. The Balaban J connectivity index is 0.000001000. The molecule has 0 aliphatic carbocycles. The number of rotatable bonds is 2. The van der Waals surface area contributed by atoms with Crippen LogP contribution in [0.15, 0.2) is 24.3 Å². The molecular weight excluding hydrogens is 304 g/mol. The minimum atomic E-state index is 0. The summed E-state index contributed by atoms with van der Waals surface area (Å²) >= 11 is 2.34. The Morgan fingerprint density at radius 1 is 1.18 bits per heavy atom. The fourth-order valence-corrected chi connectivity index (χ4v) is 1.39. The fourth-order valence-electron chi connectivity index (χ4n) is 0.772. The van der Waals surface area contributed by atoms with Crippen molar-refractivity contribution >= 4 is 22.6 Å². The zero-order valence-electron chi connectivity index (χ0n) is 6.26. The number of benzene rings is 1. The maximum Gasteiger partial charge on any atom is 2.00 e. The molecule has 0 amide bonds. The van der Waals surface area contributed by atoms with Crippen molar-refractivity contribution in [2.45, 2.75) is 6.42 Å². The van der Waals surface area contributed by atoms with E-state index in [4.69, 9.17) is 5.11 Å². The monoisotopic (exact) mass is 312 g/mol. The number of alkyl halides is 1. The van der Waals surface area contributed by atoms with Crippen LogP contribution in [0.1, 0.15) is 5.56 Å². The molecule has 3 heteroatoms. The van der Waals surface area contributed by atoms with Gasteiger partial charge >= 0.3 is 19.5 Å². The van der Waals surface area contributed by atoms with Gasteiger partial charge in [0.05, 0.1) is 0 Å². The van der Waals surface area contributed by atoms with Gasteiger partial charge in [-0.25, -0.2) is 0 Å². The van der Waals surface area contributed by atoms with Gasteiger partial charge in [-0.2, -0.15) is 0 Å². The summed E-state index contributed by atoms with van der Waals surface area (Å²) in [6.45, 7) is 0. The summed E-state index contributed by atoms with van der Waals surface area (Å²) < 4.78 is 1.13. The molecule has 1 aromatic rings. The van der Waals surface area contributed by atoms with Gasteiger partial charge in [-0.15, -0.1) is 0 Å². The molecule has 0 unspecified atom stereocenters. The normalized spacial score (nSPS) is 8.82. The number of aromatic hydroxyl groups is 1. The van der Waals surface area contributed by atoms with E-state index in [9.17, 15) is 0 Å². The van der Waals surface area contributed by atoms with E-state index < -0.39 is 0 Å². The van der Waals surface area contributed by atoms with E-state index in [-0.39, 0.29) is 19.5 Å². The van der Waals surface area contributed by atoms with Crippen molar-refractivity contribution in [3.8, 4) is 5.75 Å². The average Bonchev–Trinajstić information content (AvgIpc) is 1.95. The van der Waals surface area contributed by atoms with Gasteiger partial charge < -0.3 is 5.11 Å². The minimum absolute atomic E-state index is 0. The van der Waals surface area contributed by atoms with E-state index in [1.165, 1.54) is 5.56 Å². The maximum absolute atomic E-state index is 8.92. The molecule has 0 saturated heterocycles. The van der Waals surface area contributed by atoms with E-state index in [1.54, 1.807) is 12.1 Å². The zero-order chi connectivity index (χ0) is 7.40. The Labute approximate surface area is 93.1 Å². The Morgan fingerprint density at radius 2 is 1.73 bits per heavy atom. The molecule has 0 fully saturated rings. The first kappa shape index (κ1) is 11.4. The van der Waals surface area contributed by atoms with Gasteiger partial charge in [0.25, 0.3) is 0 Å². The van der Waals surface area contributed by atoms with Gasteiger partial charge in [0.2, 0.25) is 0 Å². The van der Waals surface area contributed by atoms with Crippen LogP contribution in [0.25, 0.3) is 0 Å². The predicted molar refractivity (Wildman–Crippen MR) is 50.7 cm³/mol. The number of halogens is 1. The van der Waals surface area contributed by atoms with Gasteiger partial charge in [0, 0.05) is 4.43 Å². The molecule has 1 N–H and O–H groups in total. The average molecular weight is 313 g/mol. The van der Waals surface area contributed by atoms with Gasteiger partial charge in [-0.3, -0.25) is 0 Å². The SMILES string of the molecule is Oc1ccc(CCI)cc1.[Zn+2]. The number of phenolic OH excluding ortho intramolecular Hbond substituents is 1. The first-order valence-electron chi connectivity index (χ1n) is 3.17. The van der Waals surface area contributed by atoms with Gasteiger partial charge in [0.15, 0.2) is 0 Å². The molecule has 11 heavy (non-hydrogen) atoms. The van der Waals surface area contributed by atoms with Crippen LogP contribution in [0.2, 0.25) is 0 Å². The molecular formula is C8H9IOZn+2. The van der Waals surface area contributed by atoms with Crippen molar-refractivity contribution in [1.82, 2.24) is 0 Å². The Morgan fingerprint density at radius 3 is 2.18 bits per heavy atom. The first-order valence-corrected chi connectivity index (χ1v) is 4.69. The summed E-state index contributed by atoms with van der Waals surface area (Å²) in [5, 5.41) is 8.92. The largest absolute Gasteiger partial charge is 2.00 e. The first-order chi connectivity index (χ1) is 4.83. The van der Waals surface area contributed by atoms with E-state index in [1.807, 2.05) is 12.1 Å². The topological polar surface area (TPSA) is 20.2 Å². The molecule has 0 saturated carbocycles. The van der Waals surface area contributed by atoms with Gasteiger partial charge in [0.1, 0.15) is 5.75 Å². The number of phenols is 1. The second-order valence-corrected chi connectivity index (χ2v) is 3.18. The van der Waals surface area contributed by atoms with Crippen molar-refractivity contribution in [2.24, 2.45) is 0 Å². The molecule has 0 atom stereocenters. The van der Waals surface area contributed by atoms with Crippen LogP contribution in [0, 0.1) is 0 Å². The predicted octanol–water partition coefficient (Wildman–Crippen LogP) is 2.37. The molecule has 0 bridgehead atoms. The standard InChI is InChI=1S/C8H9IO.Zn/c9-6-5-7-1-3-8(10)4-2-7;/h1-4,10H,5-6H2;/q;+2. The van der Waals surface area contributed by atoms with Crippen molar-refractivity contribution in [3.05, 3.63) is 29.8 Å². The third kappa shape index (κ3) is 4.07. The van der Waals surface area contributed by atoms with Crippen LogP contribution < -0.4 is 0 Å². The second kappa shape index (κ2) is 5.95. The number of hydrogen-bond acceptors (Lipinski definition) is 1. The summed E-state index contributed by atoms with van der Waals surface area (Å²) in [5.41, 5.74) is 1.28. The van der Waals surface area contributed by atoms with E-state index >= 15 is 0 Å². The molecule has 0 aromatic heterocycles. The summed E-state index contributed by atoms with van der Waals surface area (Å²) in [6.07, 6.45) is 1.08. The Bertz CT molecular complexity index is 198. The molecule has 1 nitrogen and oxygen atoms in total. The van der Waals surface area contributed by atoms with Crippen molar-refractivity contribution < 1.29 is 24.6 Å². The Kier molecular flexibility index (Phi) is 6.16. The third-order valence-electron chi connectivity index (χ3n) is 1.32. The number of aryl methyl sites for hydroxylation is 1. The van der Waals surface area contributed by atoms with Crippen LogP contribution in [0.5, 0.6) is 5.75 Å². The van der Waals surface area contributed by atoms with Crippen molar-refractivity contribution in [3.63, 3.8) is 0 Å². The molecule has 0 aliphatic heterocycles. The molecule has 0 aliphatic rings. The van der Waals surface area contributed by atoms with E-state index in [0.29, 0.717) is 5.75 Å². The van der Waals surface area contributed by atoms with Crippen molar-refractivity contribution in [1.29, 1.82) is 0 Å². The van der Waals surface area contributed by atoms with Crippen LogP contribution in [0.3, 0.4) is 0 Å². The third-order valence-corrected chi connectivity index (χ3v) is 1.86. The Hall–Kier alpha value is 0.373. The van der Waals surface area contributed by atoms with E-state index in [2.05, 4.69) is 22.6 Å². The summed E-state index contributed by atoms with van der Waals surface area (Å²) in [7, 11) is 0. The van der Waals surface area contributed by atoms with Gasteiger partial charge in [-0.05, 0) is 24.1 Å². The van der Waals surface area contributed by atoms with Crippen LogP contribution in [-0.2, 0) is 25.9 Å². The molecule has 1 rings (SSSR count). The maximum atomic E-state index is 8.92. The van der Waals surface area contributed by atoms with Crippen LogP contribution in [0.4, 0.5) is 0 Å². The zero-order valence-corrected chi connectivity index (χ0v) is 11.4. The summed E-state index contributed by atoms with van der Waals surface area (Å²) in [4.78, 5) is 0. The quantitative estimate of drug-likeness (QED) is 0.505. The summed E-state index contributed by atoms with van der Waals surface area (Å²) in [5.74, 6) is 0.345. The smallest absolute Gasteiger partial charge is 0.508 e. The summed E-state index contributed by atoms with van der Waals surface area (Å²) in [6, 6.07) is 7.35. The molecule has 54 valence electrons. The molecule has 0 spiro atoms. The van der Waals surface area contributed by atoms with E-state index in [0.717, 1.165) is 10.8 Å². The second-order valence-electron chi connectivity index (χ2n) is 2.11. The molecule has 0 heterocycles. The van der Waals surface area contributed by atoms with Crippen LogP contribution in [-0.4, -0.2) is 9.53 Å². The number of hydrogen-bond donors (Lipinski definition) is 1.